The van der Waals surface area contributed by atoms with Gasteiger partial charge in [0.15, 0.2) is 5.78 Å². The lowest BCUT2D eigenvalue weighted by Crippen LogP contribution is -2.44. The molecule has 1 unspecified atom stereocenters. The van der Waals surface area contributed by atoms with Crippen LogP contribution in [0, 0.1) is 0 Å². The second kappa shape index (κ2) is 4.50. The number of hydrogen-bond donors (Lipinski definition) is 1. The number of carbonyl (C=O) groups excluding carboxylic acids is 1. The fourth-order valence-corrected chi connectivity index (χ4v) is 0.820. The number of Topliss-reactive ketones (excluding diaryl/α,β-unsaturated/α-hetero) is 1. The Morgan fingerprint density at radius 1 is 1.45 bits per heavy atom. The first-order chi connectivity index (χ1) is 5.04. The number of unbranched alkanes of at least 4 members (excludes halogenated alkanes) is 1. The third kappa shape index (κ3) is 3.51. The number of rotatable bonds is 5. The van der Waals surface area contributed by atoms with E-state index in [0.717, 1.165) is 19.3 Å². The molecule has 0 amide bonds. The maximum atomic E-state index is 11.3. The first-order valence-electron chi connectivity index (χ1n) is 4.36. The van der Waals surface area contributed by atoms with E-state index in [9.17, 15) is 4.79 Å². The third-order valence-electron chi connectivity index (χ3n) is 2.13. The summed E-state index contributed by atoms with van der Waals surface area (Å²) in [6.45, 7) is 5.84. The Kier molecular flexibility index (Phi) is 4.34. The van der Waals surface area contributed by atoms with Crippen LogP contribution in [0.15, 0.2) is 0 Å². The lowest BCUT2D eigenvalue weighted by Gasteiger charge is -2.20. The molecule has 0 heterocycles. The molecule has 0 aromatic heterocycles. The minimum absolute atomic E-state index is 0.196. The van der Waals surface area contributed by atoms with Crippen molar-refractivity contribution < 1.29 is 4.79 Å². The van der Waals surface area contributed by atoms with E-state index in [-0.39, 0.29) is 5.78 Å². The van der Waals surface area contributed by atoms with Crippen molar-refractivity contribution in [2.45, 2.75) is 52.0 Å². The van der Waals surface area contributed by atoms with Crippen molar-refractivity contribution in [1.82, 2.24) is 0 Å². The highest BCUT2D eigenvalue weighted by Crippen LogP contribution is 2.10. The molecule has 11 heavy (non-hydrogen) atoms. The van der Waals surface area contributed by atoms with Crippen LogP contribution in [0.3, 0.4) is 0 Å². The van der Waals surface area contributed by atoms with Crippen molar-refractivity contribution in [3.63, 3.8) is 0 Å². The molecule has 2 nitrogen and oxygen atoms in total. The lowest BCUT2D eigenvalue weighted by atomic mass is 9.91. The average molecular weight is 157 g/mol. The van der Waals surface area contributed by atoms with Crippen LogP contribution in [0.5, 0.6) is 0 Å². The van der Waals surface area contributed by atoms with E-state index in [1.165, 1.54) is 0 Å². The molecule has 1 atom stereocenters. The summed E-state index contributed by atoms with van der Waals surface area (Å²) in [6, 6.07) is 0. The lowest BCUT2D eigenvalue weighted by molar-refractivity contribution is -0.123. The van der Waals surface area contributed by atoms with E-state index in [1.807, 2.05) is 13.8 Å². The Morgan fingerprint density at radius 2 is 2.00 bits per heavy atom. The van der Waals surface area contributed by atoms with Gasteiger partial charge in [0.2, 0.25) is 0 Å². The molecule has 0 saturated heterocycles. The summed E-state index contributed by atoms with van der Waals surface area (Å²) in [6.07, 6.45) is 3.39. The molecule has 66 valence electrons. The van der Waals surface area contributed by atoms with Crippen molar-refractivity contribution in [2.75, 3.05) is 0 Å². The van der Waals surface area contributed by atoms with E-state index >= 15 is 0 Å². The standard InChI is InChI=1S/C9H19NO/c1-4-6-7-8(11)9(3,10)5-2/h4-7,10H2,1-3H3. The molecule has 0 aromatic rings. The van der Waals surface area contributed by atoms with Crippen molar-refractivity contribution in [3.8, 4) is 0 Å². The molecule has 0 aliphatic carbocycles. The third-order valence-corrected chi connectivity index (χ3v) is 2.13. The normalized spacial score (nSPS) is 16.0. The molecule has 0 aliphatic rings. The Bertz CT molecular complexity index is 130. The predicted octanol–water partition coefficient (Wildman–Crippen LogP) is 1.87. The summed E-state index contributed by atoms with van der Waals surface area (Å²) in [7, 11) is 0. The zero-order valence-electron chi connectivity index (χ0n) is 7.81. The van der Waals surface area contributed by atoms with E-state index in [0.29, 0.717) is 6.42 Å². The first kappa shape index (κ1) is 10.6. The maximum absolute atomic E-state index is 11.3. The van der Waals surface area contributed by atoms with Gasteiger partial charge in [-0.15, -0.1) is 0 Å². The number of ketones is 1. The van der Waals surface area contributed by atoms with E-state index in [1.54, 1.807) is 0 Å². The summed E-state index contributed by atoms with van der Waals surface area (Å²) in [5, 5.41) is 0. The van der Waals surface area contributed by atoms with Crippen LogP contribution in [-0.4, -0.2) is 11.3 Å². The predicted molar refractivity (Wildman–Crippen MR) is 47.4 cm³/mol. The van der Waals surface area contributed by atoms with Gasteiger partial charge in [0.25, 0.3) is 0 Å². The van der Waals surface area contributed by atoms with Crippen LogP contribution in [0.2, 0.25) is 0 Å². The van der Waals surface area contributed by atoms with E-state index in [2.05, 4.69) is 6.92 Å². The monoisotopic (exact) mass is 157 g/mol. The van der Waals surface area contributed by atoms with Crippen molar-refractivity contribution in [3.05, 3.63) is 0 Å². The van der Waals surface area contributed by atoms with Gasteiger partial charge < -0.3 is 5.73 Å². The van der Waals surface area contributed by atoms with Crippen LogP contribution in [0.4, 0.5) is 0 Å². The molecule has 0 rings (SSSR count). The molecule has 0 bridgehead atoms. The highest BCUT2D eigenvalue weighted by atomic mass is 16.1. The Balaban J connectivity index is 3.82. The molecule has 2 heteroatoms. The Morgan fingerprint density at radius 3 is 2.36 bits per heavy atom. The van der Waals surface area contributed by atoms with Crippen molar-refractivity contribution >= 4 is 5.78 Å². The molecular weight excluding hydrogens is 138 g/mol. The van der Waals surface area contributed by atoms with Crippen molar-refractivity contribution in [1.29, 1.82) is 0 Å². The quantitative estimate of drug-likeness (QED) is 0.662. The Hall–Kier alpha value is -0.370. The molecule has 0 spiro atoms. The van der Waals surface area contributed by atoms with Gasteiger partial charge in [-0.1, -0.05) is 20.3 Å². The molecule has 0 aromatic carbocycles. The van der Waals surface area contributed by atoms with Gasteiger partial charge in [0, 0.05) is 6.42 Å². The van der Waals surface area contributed by atoms with Crippen LogP contribution in [-0.2, 0) is 4.79 Å². The summed E-state index contributed by atoms with van der Waals surface area (Å²) in [5.74, 6) is 0.196. The average Bonchev–Trinajstić information content (AvgIpc) is 2.00. The molecule has 0 fully saturated rings. The molecular formula is C9H19NO. The van der Waals surface area contributed by atoms with Gasteiger partial charge in [-0.05, 0) is 19.8 Å². The minimum Gasteiger partial charge on any atom is -0.319 e. The topological polar surface area (TPSA) is 43.1 Å². The van der Waals surface area contributed by atoms with Crippen molar-refractivity contribution in [2.24, 2.45) is 5.73 Å². The summed E-state index contributed by atoms with van der Waals surface area (Å²) < 4.78 is 0. The smallest absolute Gasteiger partial charge is 0.152 e. The van der Waals surface area contributed by atoms with Gasteiger partial charge in [-0.2, -0.15) is 0 Å². The molecule has 0 radical (unpaired) electrons. The SMILES string of the molecule is CCCCC(=O)C(C)(N)CC. The summed E-state index contributed by atoms with van der Waals surface area (Å²) >= 11 is 0. The second-order valence-corrected chi connectivity index (χ2v) is 3.30. The fourth-order valence-electron chi connectivity index (χ4n) is 0.820. The van der Waals surface area contributed by atoms with E-state index < -0.39 is 5.54 Å². The summed E-state index contributed by atoms with van der Waals surface area (Å²) in [4.78, 5) is 11.3. The van der Waals surface area contributed by atoms with Gasteiger partial charge >= 0.3 is 0 Å². The van der Waals surface area contributed by atoms with Gasteiger partial charge in [0.05, 0.1) is 5.54 Å². The first-order valence-corrected chi connectivity index (χ1v) is 4.36. The molecule has 0 aliphatic heterocycles. The van der Waals surface area contributed by atoms with Gasteiger partial charge in [-0.25, -0.2) is 0 Å². The fraction of sp³-hybridized carbons (Fsp3) is 0.889. The Labute approximate surface area is 69.2 Å². The summed E-state index contributed by atoms with van der Waals surface area (Å²) in [5.41, 5.74) is 5.16. The van der Waals surface area contributed by atoms with Crippen LogP contribution in [0.25, 0.3) is 0 Å². The van der Waals surface area contributed by atoms with Gasteiger partial charge in [0.1, 0.15) is 0 Å². The molecule has 0 saturated carbocycles. The largest absolute Gasteiger partial charge is 0.319 e. The van der Waals surface area contributed by atoms with E-state index in [4.69, 9.17) is 5.73 Å². The number of nitrogens with two attached hydrogens (primary N) is 1. The second-order valence-electron chi connectivity index (χ2n) is 3.30. The maximum Gasteiger partial charge on any atom is 0.152 e. The van der Waals surface area contributed by atoms with Crippen LogP contribution < -0.4 is 5.73 Å². The highest BCUT2D eigenvalue weighted by molar-refractivity contribution is 5.87. The van der Waals surface area contributed by atoms with Gasteiger partial charge in [-0.3, -0.25) is 4.79 Å². The van der Waals surface area contributed by atoms with Crippen LogP contribution in [0.1, 0.15) is 46.5 Å². The highest BCUT2D eigenvalue weighted by Gasteiger charge is 2.24. The molecule has 2 N–H and O–H groups in total. The number of hydrogen-bond acceptors (Lipinski definition) is 2. The zero-order valence-corrected chi connectivity index (χ0v) is 7.81. The number of carbonyl (C=O) groups is 1. The van der Waals surface area contributed by atoms with Crippen LogP contribution >= 0.6 is 0 Å². The minimum atomic E-state index is -0.588. The zero-order chi connectivity index (χ0) is 8.91.